The van der Waals surface area contributed by atoms with E-state index in [0.717, 1.165) is 5.69 Å². The molecule has 0 aliphatic rings. The van der Waals surface area contributed by atoms with Gasteiger partial charge >= 0.3 is 0 Å². The van der Waals surface area contributed by atoms with Crippen molar-refractivity contribution in [2.24, 2.45) is 7.05 Å². The number of nitrogens with zero attached hydrogens (tertiary/aromatic N) is 2. The lowest BCUT2D eigenvalue weighted by atomic mass is 10.4. The standard InChI is InChI=1S/C7H11N3O/c1-6(11)8-5-7-3-4-9-10(7)2/h3-4H,5H2,1-2H3,(H,8,11). The van der Waals surface area contributed by atoms with Crippen molar-refractivity contribution in [2.75, 3.05) is 0 Å². The molecule has 0 unspecified atom stereocenters. The maximum atomic E-state index is 10.5. The van der Waals surface area contributed by atoms with Gasteiger partial charge in [0.15, 0.2) is 0 Å². The Morgan fingerprint density at radius 1 is 1.82 bits per heavy atom. The zero-order valence-electron chi connectivity index (χ0n) is 6.66. The molecule has 0 saturated carbocycles. The molecule has 0 aliphatic carbocycles. The van der Waals surface area contributed by atoms with Crippen LogP contribution in [-0.4, -0.2) is 15.7 Å². The summed E-state index contributed by atoms with van der Waals surface area (Å²) in [5.74, 6) is -0.0220. The van der Waals surface area contributed by atoms with E-state index in [2.05, 4.69) is 10.4 Å². The van der Waals surface area contributed by atoms with Gasteiger partial charge in [-0.15, -0.1) is 0 Å². The highest BCUT2D eigenvalue weighted by atomic mass is 16.1. The molecule has 0 radical (unpaired) electrons. The van der Waals surface area contributed by atoms with Crippen LogP contribution >= 0.6 is 0 Å². The second-order valence-corrected chi connectivity index (χ2v) is 2.36. The van der Waals surface area contributed by atoms with Gasteiger partial charge in [-0.25, -0.2) is 0 Å². The molecule has 1 N–H and O–H groups in total. The van der Waals surface area contributed by atoms with E-state index in [0.29, 0.717) is 6.54 Å². The van der Waals surface area contributed by atoms with Gasteiger partial charge in [0.05, 0.1) is 12.2 Å². The summed E-state index contributed by atoms with van der Waals surface area (Å²) in [4.78, 5) is 10.5. The summed E-state index contributed by atoms with van der Waals surface area (Å²) < 4.78 is 1.73. The van der Waals surface area contributed by atoms with Gasteiger partial charge in [-0.3, -0.25) is 9.48 Å². The van der Waals surface area contributed by atoms with Gasteiger partial charge in [0.1, 0.15) is 0 Å². The summed E-state index contributed by atoms with van der Waals surface area (Å²) in [5, 5.41) is 6.65. The van der Waals surface area contributed by atoms with Crippen LogP contribution in [0.1, 0.15) is 12.6 Å². The second-order valence-electron chi connectivity index (χ2n) is 2.36. The van der Waals surface area contributed by atoms with E-state index in [1.165, 1.54) is 6.92 Å². The maximum absolute atomic E-state index is 10.5. The SMILES string of the molecule is CC(=O)NCc1ccnn1C. The van der Waals surface area contributed by atoms with Crippen molar-refractivity contribution in [1.29, 1.82) is 0 Å². The summed E-state index contributed by atoms with van der Waals surface area (Å²) in [6, 6.07) is 1.87. The Bertz CT molecular complexity index is 254. The lowest BCUT2D eigenvalue weighted by molar-refractivity contribution is -0.119. The molecular formula is C7H11N3O. The summed E-state index contributed by atoms with van der Waals surface area (Å²) >= 11 is 0. The van der Waals surface area contributed by atoms with Crippen LogP contribution in [0.5, 0.6) is 0 Å². The number of aryl methyl sites for hydroxylation is 1. The first-order valence-electron chi connectivity index (χ1n) is 3.41. The van der Waals surface area contributed by atoms with Gasteiger partial charge in [0.2, 0.25) is 5.91 Å². The molecule has 0 aromatic carbocycles. The van der Waals surface area contributed by atoms with Crippen molar-refractivity contribution in [2.45, 2.75) is 13.5 Å². The summed E-state index contributed by atoms with van der Waals surface area (Å²) in [5.41, 5.74) is 1.00. The molecule has 0 atom stereocenters. The van der Waals surface area contributed by atoms with Crippen molar-refractivity contribution in [3.63, 3.8) is 0 Å². The van der Waals surface area contributed by atoms with Crippen LogP contribution in [-0.2, 0) is 18.4 Å². The minimum atomic E-state index is -0.0220. The first kappa shape index (κ1) is 7.78. The molecule has 0 saturated heterocycles. The minimum Gasteiger partial charge on any atom is -0.351 e. The fourth-order valence-electron chi connectivity index (χ4n) is 0.790. The highest BCUT2D eigenvalue weighted by Crippen LogP contribution is 1.93. The topological polar surface area (TPSA) is 46.9 Å². The monoisotopic (exact) mass is 153 g/mol. The highest BCUT2D eigenvalue weighted by molar-refractivity contribution is 5.72. The molecule has 1 aromatic rings. The average Bonchev–Trinajstić information content (AvgIpc) is 2.31. The van der Waals surface area contributed by atoms with Crippen LogP contribution in [0.2, 0.25) is 0 Å². The molecule has 1 heterocycles. The van der Waals surface area contributed by atoms with Crippen LogP contribution in [0.3, 0.4) is 0 Å². The van der Waals surface area contributed by atoms with E-state index in [9.17, 15) is 4.79 Å². The molecule has 11 heavy (non-hydrogen) atoms. The van der Waals surface area contributed by atoms with Crippen molar-refractivity contribution in [3.05, 3.63) is 18.0 Å². The maximum Gasteiger partial charge on any atom is 0.217 e. The van der Waals surface area contributed by atoms with Gasteiger partial charge in [0.25, 0.3) is 0 Å². The van der Waals surface area contributed by atoms with Crippen LogP contribution < -0.4 is 5.32 Å². The van der Waals surface area contributed by atoms with E-state index in [1.807, 2.05) is 13.1 Å². The highest BCUT2D eigenvalue weighted by Gasteiger charge is 1.97. The van der Waals surface area contributed by atoms with Crippen LogP contribution in [0, 0.1) is 0 Å². The fourth-order valence-corrected chi connectivity index (χ4v) is 0.790. The Kier molecular flexibility index (Phi) is 2.25. The molecule has 0 fully saturated rings. The van der Waals surface area contributed by atoms with Crippen LogP contribution in [0.15, 0.2) is 12.3 Å². The lowest BCUT2D eigenvalue weighted by Crippen LogP contribution is -2.20. The Morgan fingerprint density at radius 2 is 2.55 bits per heavy atom. The Balaban J connectivity index is 2.51. The predicted octanol–water partition coefficient (Wildman–Crippen LogP) is 0.0562. The smallest absolute Gasteiger partial charge is 0.217 e. The molecular weight excluding hydrogens is 142 g/mol. The van der Waals surface area contributed by atoms with E-state index in [-0.39, 0.29) is 5.91 Å². The third-order valence-corrected chi connectivity index (χ3v) is 1.44. The predicted molar refractivity (Wildman–Crippen MR) is 40.7 cm³/mol. The quantitative estimate of drug-likeness (QED) is 0.653. The van der Waals surface area contributed by atoms with Gasteiger partial charge in [-0.1, -0.05) is 0 Å². The van der Waals surface area contributed by atoms with Crippen molar-refractivity contribution in [1.82, 2.24) is 15.1 Å². The normalized spacial score (nSPS) is 9.64. The molecule has 4 heteroatoms. The summed E-state index contributed by atoms with van der Waals surface area (Å²) in [6.45, 7) is 2.04. The van der Waals surface area contributed by atoms with E-state index in [4.69, 9.17) is 0 Å². The molecule has 0 bridgehead atoms. The van der Waals surface area contributed by atoms with Gasteiger partial charge in [-0.2, -0.15) is 5.10 Å². The Labute approximate surface area is 65.2 Å². The molecule has 60 valence electrons. The largest absolute Gasteiger partial charge is 0.351 e. The number of aromatic nitrogens is 2. The van der Waals surface area contributed by atoms with Crippen molar-refractivity contribution < 1.29 is 4.79 Å². The molecule has 1 amide bonds. The Hall–Kier alpha value is -1.32. The van der Waals surface area contributed by atoms with E-state index < -0.39 is 0 Å². The number of carbonyl (C=O) groups is 1. The van der Waals surface area contributed by atoms with Gasteiger partial charge < -0.3 is 5.32 Å². The number of rotatable bonds is 2. The zero-order valence-corrected chi connectivity index (χ0v) is 6.66. The third-order valence-electron chi connectivity index (χ3n) is 1.44. The van der Waals surface area contributed by atoms with Crippen LogP contribution in [0.25, 0.3) is 0 Å². The average molecular weight is 153 g/mol. The van der Waals surface area contributed by atoms with Crippen molar-refractivity contribution >= 4 is 5.91 Å². The number of amides is 1. The van der Waals surface area contributed by atoms with Crippen molar-refractivity contribution in [3.8, 4) is 0 Å². The van der Waals surface area contributed by atoms with Crippen LogP contribution in [0.4, 0.5) is 0 Å². The minimum absolute atomic E-state index is 0.0220. The molecule has 0 spiro atoms. The molecule has 1 rings (SSSR count). The molecule has 1 aromatic heterocycles. The fraction of sp³-hybridized carbons (Fsp3) is 0.429. The van der Waals surface area contributed by atoms with E-state index >= 15 is 0 Å². The zero-order chi connectivity index (χ0) is 8.27. The lowest BCUT2D eigenvalue weighted by Gasteiger charge is -2.01. The molecule has 4 nitrogen and oxygen atoms in total. The van der Waals surface area contributed by atoms with Gasteiger partial charge in [0, 0.05) is 20.2 Å². The Morgan fingerprint density at radius 3 is 3.00 bits per heavy atom. The first-order chi connectivity index (χ1) is 5.20. The van der Waals surface area contributed by atoms with Gasteiger partial charge in [-0.05, 0) is 6.07 Å². The summed E-state index contributed by atoms with van der Waals surface area (Å²) in [6.07, 6.45) is 1.71. The number of hydrogen-bond acceptors (Lipinski definition) is 2. The van der Waals surface area contributed by atoms with E-state index in [1.54, 1.807) is 10.9 Å². The summed E-state index contributed by atoms with van der Waals surface area (Å²) in [7, 11) is 1.84. The number of hydrogen-bond donors (Lipinski definition) is 1. The number of carbonyl (C=O) groups excluding carboxylic acids is 1. The first-order valence-corrected chi connectivity index (χ1v) is 3.41. The molecule has 0 aliphatic heterocycles. The number of nitrogens with one attached hydrogen (secondary N) is 1. The third kappa shape index (κ3) is 2.07. The second kappa shape index (κ2) is 3.18.